The summed E-state index contributed by atoms with van der Waals surface area (Å²) >= 11 is 0. The highest BCUT2D eigenvalue weighted by Gasteiger charge is 2.28. The zero-order valence-corrected chi connectivity index (χ0v) is 14.6. The third kappa shape index (κ3) is 3.13. The van der Waals surface area contributed by atoms with Crippen molar-refractivity contribution in [3.05, 3.63) is 54.1 Å². The zero-order chi connectivity index (χ0) is 18.2. The highest BCUT2D eigenvalue weighted by atomic mass is 32.2. The maximum absolute atomic E-state index is 12.9. The Bertz CT molecular complexity index is 954. The summed E-state index contributed by atoms with van der Waals surface area (Å²) in [6.07, 6.45) is 0. The van der Waals surface area contributed by atoms with Crippen LogP contribution in [0.5, 0.6) is 0 Å². The average Bonchev–Trinajstić information content (AvgIpc) is 2.60. The maximum atomic E-state index is 12.9. The van der Waals surface area contributed by atoms with E-state index in [1.807, 2.05) is 0 Å². The Kier molecular flexibility index (Phi) is 4.32. The van der Waals surface area contributed by atoms with E-state index in [0.717, 1.165) is 4.31 Å². The largest absolute Gasteiger partial charge is 0.323 e. The van der Waals surface area contributed by atoms with Gasteiger partial charge >= 0.3 is 0 Å². The molecule has 0 aromatic heterocycles. The molecule has 130 valence electrons. The van der Waals surface area contributed by atoms with Crippen molar-refractivity contribution in [2.24, 2.45) is 0 Å². The number of hydrogen-bond acceptors (Lipinski definition) is 4. The van der Waals surface area contributed by atoms with E-state index in [1.165, 1.54) is 43.3 Å². The van der Waals surface area contributed by atoms with Gasteiger partial charge in [-0.3, -0.25) is 14.5 Å². The quantitative estimate of drug-likeness (QED) is 0.900. The Morgan fingerprint density at radius 3 is 2.56 bits per heavy atom. The van der Waals surface area contributed by atoms with E-state index >= 15 is 0 Å². The Morgan fingerprint density at radius 1 is 1.12 bits per heavy atom. The van der Waals surface area contributed by atoms with Crippen LogP contribution in [-0.2, 0) is 14.8 Å². The van der Waals surface area contributed by atoms with Crippen LogP contribution in [-0.4, -0.2) is 45.2 Å². The second-order valence-corrected chi connectivity index (χ2v) is 7.92. The van der Waals surface area contributed by atoms with E-state index in [9.17, 15) is 18.0 Å². The first kappa shape index (κ1) is 17.1. The van der Waals surface area contributed by atoms with Gasteiger partial charge < -0.3 is 5.32 Å². The van der Waals surface area contributed by atoms with E-state index in [4.69, 9.17) is 0 Å². The fourth-order valence-electron chi connectivity index (χ4n) is 2.57. The molecule has 8 heteroatoms. The molecule has 0 saturated carbocycles. The first-order chi connectivity index (χ1) is 11.8. The van der Waals surface area contributed by atoms with Crippen LogP contribution in [0.25, 0.3) is 0 Å². The second kappa shape index (κ2) is 6.30. The minimum Gasteiger partial charge on any atom is -0.323 e. The van der Waals surface area contributed by atoms with Gasteiger partial charge in [0.05, 0.1) is 16.3 Å². The molecule has 0 radical (unpaired) electrons. The third-order valence-electron chi connectivity index (χ3n) is 3.88. The van der Waals surface area contributed by atoms with Crippen molar-refractivity contribution in [1.29, 1.82) is 0 Å². The molecule has 0 saturated heterocycles. The fourth-order valence-corrected chi connectivity index (χ4v) is 3.52. The number of benzene rings is 2. The number of anilines is 2. The van der Waals surface area contributed by atoms with Gasteiger partial charge in [-0.25, -0.2) is 12.7 Å². The minimum absolute atomic E-state index is 0.0260. The summed E-state index contributed by atoms with van der Waals surface area (Å²) in [5, 5.41) is 2.71. The van der Waals surface area contributed by atoms with Crippen molar-refractivity contribution >= 4 is 33.2 Å². The molecule has 0 fully saturated rings. The van der Waals surface area contributed by atoms with Crippen molar-refractivity contribution in [3.8, 4) is 0 Å². The summed E-state index contributed by atoms with van der Waals surface area (Å²) in [6.45, 7) is -0.124. The van der Waals surface area contributed by atoms with Gasteiger partial charge in [-0.2, -0.15) is 0 Å². The van der Waals surface area contributed by atoms with Gasteiger partial charge in [0.1, 0.15) is 6.54 Å². The molecular weight excluding hydrogens is 342 g/mol. The lowest BCUT2D eigenvalue weighted by atomic mass is 10.1. The SMILES string of the molecule is CN(C)S(=O)(=O)c1cccc(C(=O)N2CC(=O)Nc3ccccc32)c1. The van der Waals surface area contributed by atoms with E-state index in [0.29, 0.717) is 11.4 Å². The fraction of sp³-hybridized carbons (Fsp3) is 0.176. The number of fused-ring (bicyclic) bond motifs is 1. The summed E-state index contributed by atoms with van der Waals surface area (Å²) in [4.78, 5) is 26.1. The first-order valence-electron chi connectivity index (χ1n) is 7.54. The molecule has 0 bridgehead atoms. The average molecular weight is 359 g/mol. The molecule has 0 aliphatic carbocycles. The number of sulfonamides is 1. The van der Waals surface area contributed by atoms with Crippen LogP contribution in [0.4, 0.5) is 11.4 Å². The van der Waals surface area contributed by atoms with Crippen LogP contribution in [0.3, 0.4) is 0 Å². The van der Waals surface area contributed by atoms with Gasteiger partial charge in [-0.1, -0.05) is 18.2 Å². The maximum Gasteiger partial charge on any atom is 0.258 e. The number of carbonyl (C=O) groups excluding carboxylic acids is 2. The Hall–Kier alpha value is -2.71. The van der Waals surface area contributed by atoms with Gasteiger partial charge in [-0.05, 0) is 30.3 Å². The molecule has 1 aliphatic rings. The van der Waals surface area contributed by atoms with Crippen molar-refractivity contribution in [1.82, 2.24) is 4.31 Å². The monoisotopic (exact) mass is 359 g/mol. The zero-order valence-electron chi connectivity index (χ0n) is 13.8. The van der Waals surface area contributed by atoms with Crippen molar-refractivity contribution < 1.29 is 18.0 Å². The number of amides is 2. The normalized spacial score (nSPS) is 14.2. The number of rotatable bonds is 3. The topological polar surface area (TPSA) is 86.8 Å². The van der Waals surface area contributed by atoms with E-state index in [1.54, 1.807) is 24.3 Å². The summed E-state index contributed by atoms with van der Waals surface area (Å²) < 4.78 is 25.6. The van der Waals surface area contributed by atoms with Crippen LogP contribution >= 0.6 is 0 Å². The highest BCUT2D eigenvalue weighted by Crippen LogP contribution is 2.30. The lowest BCUT2D eigenvalue weighted by Gasteiger charge is -2.29. The number of carbonyl (C=O) groups is 2. The van der Waals surface area contributed by atoms with Crippen LogP contribution < -0.4 is 10.2 Å². The number of nitrogens with one attached hydrogen (secondary N) is 1. The highest BCUT2D eigenvalue weighted by molar-refractivity contribution is 7.89. The Morgan fingerprint density at radius 2 is 1.84 bits per heavy atom. The van der Waals surface area contributed by atoms with E-state index in [2.05, 4.69) is 5.32 Å². The predicted molar refractivity (Wildman–Crippen MR) is 94.1 cm³/mol. The third-order valence-corrected chi connectivity index (χ3v) is 5.69. The molecule has 1 aliphatic heterocycles. The van der Waals surface area contributed by atoms with Crippen molar-refractivity contribution in [2.75, 3.05) is 30.9 Å². The molecule has 7 nitrogen and oxygen atoms in total. The van der Waals surface area contributed by atoms with Crippen molar-refractivity contribution in [3.63, 3.8) is 0 Å². The molecular formula is C17H17N3O4S. The summed E-state index contributed by atoms with van der Waals surface area (Å²) in [5.74, 6) is -0.734. The second-order valence-electron chi connectivity index (χ2n) is 5.77. The first-order valence-corrected chi connectivity index (χ1v) is 8.98. The summed E-state index contributed by atoms with van der Waals surface area (Å²) in [6, 6.07) is 12.8. The van der Waals surface area contributed by atoms with E-state index in [-0.39, 0.29) is 22.9 Å². The lowest BCUT2D eigenvalue weighted by Crippen LogP contribution is -2.42. The predicted octanol–water partition coefficient (Wildman–Crippen LogP) is 1.54. The molecule has 1 heterocycles. The Labute approximate surface area is 145 Å². The van der Waals surface area contributed by atoms with Gasteiger partial charge in [-0.15, -0.1) is 0 Å². The van der Waals surface area contributed by atoms with Crippen LogP contribution in [0.15, 0.2) is 53.4 Å². The standard InChI is InChI=1S/C17H17N3O4S/c1-19(2)25(23,24)13-7-5-6-12(10-13)17(22)20-11-16(21)18-14-8-3-4-9-15(14)20/h3-10H,11H2,1-2H3,(H,18,21). The molecule has 2 aromatic carbocycles. The number of para-hydroxylation sites is 2. The molecule has 2 aromatic rings. The summed E-state index contributed by atoms with van der Waals surface area (Å²) in [7, 11) is -0.800. The van der Waals surface area contributed by atoms with Crippen molar-refractivity contribution in [2.45, 2.75) is 4.90 Å². The van der Waals surface area contributed by atoms with Gasteiger partial charge in [0.15, 0.2) is 0 Å². The molecule has 0 atom stereocenters. The van der Waals surface area contributed by atoms with Crippen LogP contribution in [0, 0.1) is 0 Å². The Balaban J connectivity index is 2.01. The molecule has 3 rings (SSSR count). The molecule has 2 amide bonds. The van der Waals surface area contributed by atoms with Gasteiger partial charge in [0.2, 0.25) is 15.9 Å². The smallest absolute Gasteiger partial charge is 0.258 e. The summed E-state index contributed by atoms with van der Waals surface area (Å²) in [5.41, 5.74) is 1.32. The number of nitrogens with zero attached hydrogens (tertiary/aromatic N) is 2. The molecule has 1 N–H and O–H groups in total. The lowest BCUT2D eigenvalue weighted by molar-refractivity contribution is -0.115. The molecule has 0 unspecified atom stereocenters. The van der Waals surface area contributed by atoms with Crippen LogP contribution in [0.1, 0.15) is 10.4 Å². The molecule has 25 heavy (non-hydrogen) atoms. The number of hydrogen-bond donors (Lipinski definition) is 1. The molecule has 0 spiro atoms. The minimum atomic E-state index is -3.65. The van der Waals surface area contributed by atoms with Crippen LogP contribution in [0.2, 0.25) is 0 Å². The van der Waals surface area contributed by atoms with Gasteiger partial charge in [0, 0.05) is 19.7 Å². The van der Waals surface area contributed by atoms with E-state index < -0.39 is 15.9 Å². The van der Waals surface area contributed by atoms with Gasteiger partial charge in [0.25, 0.3) is 5.91 Å².